The number of carbonyl (C=O) groups excluding carboxylic acids is 1. The maximum atomic E-state index is 12.4. The highest BCUT2D eigenvalue weighted by atomic mass is 79.9. The summed E-state index contributed by atoms with van der Waals surface area (Å²) in [7, 11) is 1.95. The zero-order valence-corrected chi connectivity index (χ0v) is 17.1. The largest absolute Gasteiger partial charge is 0.325 e. The van der Waals surface area contributed by atoms with Crippen molar-refractivity contribution in [3.05, 3.63) is 70.7 Å². The predicted octanol–water partition coefficient (Wildman–Crippen LogP) is 3.97. The fraction of sp³-hybridized carbons (Fsp3) is 0.250. The van der Waals surface area contributed by atoms with E-state index in [9.17, 15) is 4.79 Å². The third kappa shape index (κ3) is 4.81. The summed E-state index contributed by atoms with van der Waals surface area (Å²) in [6, 6.07) is 14.0. The van der Waals surface area contributed by atoms with Crippen molar-refractivity contribution in [1.29, 1.82) is 0 Å². The lowest BCUT2D eigenvalue weighted by atomic mass is 10.1. The number of nitrogens with zero attached hydrogens (tertiary/aromatic N) is 4. The van der Waals surface area contributed by atoms with Gasteiger partial charge in [0.1, 0.15) is 12.7 Å². The Balaban J connectivity index is 1.60. The van der Waals surface area contributed by atoms with Gasteiger partial charge in [0.25, 0.3) is 0 Å². The van der Waals surface area contributed by atoms with Gasteiger partial charge >= 0.3 is 0 Å². The molecule has 7 heteroatoms. The van der Waals surface area contributed by atoms with Crippen LogP contribution in [0.4, 0.5) is 5.69 Å². The summed E-state index contributed by atoms with van der Waals surface area (Å²) < 4.78 is 2.74. The van der Waals surface area contributed by atoms with Gasteiger partial charge in [0.15, 0.2) is 0 Å². The van der Waals surface area contributed by atoms with E-state index in [1.54, 1.807) is 11.0 Å². The van der Waals surface area contributed by atoms with Gasteiger partial charge in [-0.2, -0.15) is 5.10 Å². The first-order valence-corrected chi connectivity index (χ1v) is 9.44. The highest BCUT2D eigenvalue weighted by Crippen LogP contribution is 2.22. The van der Waals surface area contributed by atoms with Crippen molar-refractivity contribution in [1.82, 2.24) is 19.7 Å². The van der Waals surface area contributed by atoms with Crippen LogP contribution in [0.15, 0.2) is 59.6 Å². The lowest BCUT2D eigenvalue weighted by Crippen LogP contribution is -2.32. The number of halogens is 1. The van der Waals surface area contributed by atoms with Crippen LogP contribution in [0.25, 0.3) is 5.69 Å². The molecule has 1 amide bonds. The number of likely N-dealkylation sites (N-methyl/N-ethyl adjacent to an activating group) is 1. The summed E-state index contributed by atoms with van der Waals surface area (Å²) in [6.45, 7) is 4.39. The second-order valence-corrected chi connectivity index (χ2v) is 7.39. The van der Waals surface area contributed by atoms with E-state index in [0.29, 0.717) is 6.54 Å². The topological polar surface area (TPSA) is 63.1 Å². The third-order valence-corrected chi connectivity index (χ3v) is 5.44. The number of rotatable bonds is 6. The smallest absolute Gasteiger partial charge is 0.238 e. The molecule has 0 unspecified atom stereocenters. The van der Waals surface area contributed by atoms with Gasteiger partial charge < -0.3 is 5.32 Å². The Labute approximate surface area is 167 Å². The number of benzene rings is 2. The Morgan fingerprint density at radius 2 is 2.00 bits per heavy atom. The summed E-state index contributed by atoms with van der Waals surface area (Å²) in [5.41, 5.74) is 3.98. The molecule has 1 heterocycles. The minimum atomic E-state index is -0.0368. The fourth-order valence-electron chi connectivity index (χ4n) is 2.79. The summed E-state index contributed by atoms with van der Waals surface area (Å²) in [5.74, 6) is -0.0368. The van der Waals surface area contributed by atoms with E-state index in [4.69, 9.17) is 0 Å². The first kappa shape index (κ1) is 19.3. The van der Waals surface area contributed by atoms with Crippen molar-refractivity contribution in [2.24, 2.45) is 0 Å². The normalized spacial score (nSPS) is 12.2. The molecule has 3 rings (SSSR count). The zero-order chi connectivity index (χ0) is 19.4. The molecule has 27 heavy (non-hydrogen) atoms. The highest BCUT2D eigenvalue weighted by molar-refractivity contribution is 9.10. The molecule has 6 nitrogen and oxygen atoms in total. The van der Waals surface area contributed by atoms with E-state index in [2.05, 4.69) is 38.3 Å². The van der Waals surface area contributed by atoms with Crippen LogP contribution in [-0.4, -0.2) is 39.2 Å². The van der Waals surface area contributed by atoms with Crippen LogP contribution in [0.1, 0.15) is 24.1 Å². The van der Waals surface area contributed by atoms with E-state index < -0.39 is 0 Å². The average Bonchev–Trinajstić information content (AvgIpc) is 3.19. The molecule has 1 N–H and O–H groups in total. The van der Waals surface area contributed by atoms with E-state index in [0.717, 1.165) is 27.0 Å². The van der Waals surface area contributed by atoms with Crippen molar-refractivity contribution in [2.45, 2.75) is 19.9 Å². The van der Waals surface area contributed by atoms with Gasteiger partial charge in [0, 0.05) is 16.2 Å². The Bertz CT molecular complexity index is 909. The molecule has 0 aliphatic rings. The van der Waals surface area contributed by atoms with E-state index >= 15 is 0 Å². The van der Waals surface area contributed by atoms with Gasteiger partial charge in [-0.05, 0) is 62.4 Å². The molecule has 1 aromatic heterocycles. The molecule has 1 atom stereocenters. The Morgan fingerprint density at radius 3 is 2.63 bits per heavy atom. The highest BCUT2D eigenvalue weighted by Gasteiger charge is 2.15. The number of carbonyl (C=O) groups is 1. The van der Waals surface area contributed by atoms with Crippen LogP contribution in [0.3, 0.4) is 0 Å². The molecular weight excluding hydrogens is 406 g/mol. The van der Waals surface area contributed by atoms with Crippen LogP contribution in [0, 0.1) is 6.92 Å². The quantitative estimate of drug-likeness (QED) is 0.646. The molecule has 140 valence electrons. The number of aromatic nitrogens is 3. The van der Waals surface area contributed by atoms with Crippen molar-refractivity contribution < 1.29 is 4.79 Å². The first-order valence-electron chi connectivity index (χ1n) is 8.65. The zero-order valence-electron chi connectivity index (χ0n) is 15.6. The molecule has 0 bridgehead atoms. The molecule has 0 aliphatic heterocycles. The van der Waals surface area contributed by atoms with Crippen molar-refractivity contribution in [3.8, 4) is 5.69 Å². The maximum Gasteiger partial charge on any atom is 0.238 e. The number of hydrogen-bond donors (Lipinski definition) is 1. The van der Waals surface area contributed by atoms with Gasteiger partial charge in [-0.25, -0.2) is 9.67 Å². The first-order chi connectivity index (χ1) is 12.9. The van der Waals surface area contributed by atoms with E-state index in [1.165, 1.54) is 6.33 Å². The molecule has 0 spiro atoms. The maximum absolute atomic E-state index is 12.4. The Morgan fingerprint density at radius 1 is 1.26 bits per heavy atom. The fourth-order valence-corrected chi connectivity index (χ4v) is 3.03. The van der Waals surface area contributed by atoms with E-state index in [1.807, 2.05) is 61.3 Å². The number of anilines is 1. The van der Waals surface area contributed by atoms with Gasteiger partial charge in [-0.1, -0.05) is 28.1 Å². The molecule has 0 aliphatic carbocycles. The van der Waals surface area contributed by atoms with Crippen molar-refractivity contribution in [2.75, 3.05) is 18.9 Å². The molecular formula is C20H22BrN5O. The second kappa shape index (κ2) is 8.45. The van der Waals surface area contributed by atoms with E-state index in [-0.39, 0.29) is 11.9 Å². The van der Waals surface area contributed by atoms with Gasteiger partial charge in [-0.15, -0.1) is 0 Å². The average molecular weight is 428 g/mol. The standard InChI is InChI=1S/C20H22BrN5O/c1-14-10-17(6-9-19(14)21)24-20(27)11-25(3)15(2)16-4-7-18(8-5-16)26-13-22-12-23-26/h4-10,12-13,15H,11H2,1-3H3,(H,24,27)/t15-/m1/s1. The molecule has 0 fully saturated rings. The monoisotopic (exact) mass is 427 g/mol. The van der Waals surface area contributed by atoms with Crippen molar-refractivity contribution >= 4 is 27.5 Å². The van der Waals surface area contributed by atoms with Crippen molar-refractivity contribution in [3.63, 3.8) is 0 Å². The van der Waals surface area contributed by atoms with Crippen LogP contribution >= 0.6 is 15.9 Å². The second-order valence-electron chi connectivity index (χ2n) is 6.53. The molecule has 0 radical (unpaired) electrons. The summed E-state index contributed by atoms with van der Waals surface area (Å²) in [5, 5.41) is 7.08. The number of aryl methyl sites for hydroxylation is 1. The predicted molar refractivity (Wildman–Crippen MR) is 110 cm³/mol. The van der Waals surface area contributed by atoms with Gasteiger partial charge in [0.2, 0.25) is 5.91 Å². The van der Waals surface area contributed by atoms with Crippen LogP contribution in [0.2, 0.25) is 0 Å². The third-order valence-electron chi connectivity index (χ3n) is 4.55. The molecule has 0 saturated carbocycles. The molecule has 3 aromatic rings. The lowest BCUT2D eigenvalue weighted by molar-refractivity contribution is -0.117. The molecule has 0 saturated heterocycles. The van der Waals surface area contributed by atoms with Gasteiger partial charge in [0.05, 0.1) is 12.2 Å². The van der Waals surface area contributed by atoms with Crippen LogP contribution in [-0.2, 0) is 4.79 Å². The molecule has 2 aromatic carbocycles. The minimum absolute atomic E-state index is 0.0368. The van der Waals surface area contributed by atoms with Gasteiger partial charge in [-0.3, -0.25) is 9.69 Å². The Kier molecular flexibility index (Phi) is 6.03. The summed E-state index contributed by atoms with van der Waals surface area (Å²) in [6.07, 6.45) is 3.18. The minimum Gasteiger partial charge on any atom is -0.325 e. The SMILES string of the molecule is Cc1cc(NC(=O)CN(C)[C@H](C)c2ccc(-n3cncn3)cc2)ccc1Br. The summed E-state index contributed by atoms with van der Waals surface area (Å²) in [4.78, 5) is 18.4. The van der Waals surface area contributed by atoms with Crippen LogP contribution in [0.5, 0.6) is 0 Å². The lowest BCUT2D eigenvalue weighted by Gasteiger charge is -2.24. The summed E-state index contributed by atoms with van der Waals surface area (Å²) >= 11 is 3.47. The Hall–Kier alpha value is -2.51. The number of hydrogen-bond acceptors (Lipinski definition) is 4. The number of amides is 1. The number of nitrogens with one attached hydrogen (secondary N) is 1. The van der Waals surface area contributed by atoms with Crippen LogP contribution < -0.4 is 5.32 Å².